The van der Waals surface area contributed by atoms with Crippen LogP contribution < -0.4 is 10.2 Å². The average molecular weight is 346 g/mol. The van der Waals surface area contributed by atoms with E-state index in [4.69, 9.17) is 0 Å². The van der Waals surface area contributed by atoms with Crippen LogP contribution in [-0.4, -0.2) is 23.3 Å². The van der Waals surface area contributed by atoms with Gasteiger partial charge in [0.05, 0.1) is 6.04 Å². The fraction of sp³-hybridized carbons (Fsp3) is 0.182. The van der Waals surface area contributed by atoms with Gasteiger partial charge in [0.15, 0.2) is 11.5 Å². The van der Waals surface area contributed by atoms with Crippen molar-refractivity contribution in [1.82, 2.24) is 5.32 Å². The molecule has 0 aliphatic carbocycles. The van der Waals surface area contributed by atoms with Crippen LogP contribution in [0.2, 0.25) is 0 Å². The Morgan fingerprint density at radius 2 is 1.42 bits per heavy atom. The lowest BCUT2D eigenvalue weighted by Crippen LogP contribution is -2.37. The average Bonchev–Trinajstić information content (AvgIpc) is 2.68. The lowest BCUT2D eigenvalue weighted by Gasteiger charge is -2.34. The minimum atomic E-state index is -0.0663. The van der Waals surface area contributed by atoms with Crippen LogP contribution in [0.15, 0.2) is 72.8 Å². The minimum Gasteiger partial charge on any atom is -0.504 e. The number of phenols is 2. The van der Waals surface area contributed by atoms with Crippen molar-refractivity contribution < 1.29 is 10.2 Å². The van der Waals surface area contributed by atoms with Gasteiger partial charge in [-0.3, -0.25) is 0 Å². The van der Waals surface area contributed by atoms with Crippen LogP contribution in [0.25, 0.3) is 0 Å². The summed E-state index contributed by atoms with van der Waals surface area (Å²) in [5.74, 6) is -0.115. The fourth-order valence-electron chi connectivity index (χ4n) is 3.59. The first-order valence-electron chi connectivity index (χ1n) is 8.88. The summed E-state index contributed by atoms with van der Waals surface area (Å²) in [6.07, 6.45) is 0.844. The SMILES string of the molecule is Oc1cc2c(cc1O)C(CN(c1ccccc1)c1ccccc1)NCC2. The zero-order valence-corrected chi connectivity index (χ0v) is 14.5. The van der Waals surface area contributed by atoms with E-state index in [-0.39, 0.29) is 17.5 Å². The molecule has 3 N–H and O–H groups in total. The summed E-state index contributed by atoms with van der Waals surface area (Å²) >= 11 is 0. The van der Waals surface area contributed by atoms with E-state index in [1.165, 1.54) is 0 Å². The van der Waals surface area contributed by atoms with Crippen LogP contribution in [0.3, 0.4) is 0 Å². The zero-order chi connectivity index (χ0) is 17.9. The Morgan fingerprint density at radius 1 is 0.846 bits per heavy atom. The van der Waals surface area contributed by atoms with Crippen molar-refractivity contribution in [1.29, 1.82) is 0 Å². The van der Waals surface area contributed by atoms with Gasteiger partial charge in [0, 0.05) is 17.9 Å². The summed E-state index contributed by atoms with van der Waals surface area (Å²) in [5, 5.41) is 23.3. The predicted molar refractivity (Wildman–Crippen MR) is 104 cm³/mol. The van der Waals surface area contributed by atoms with E-state index in [1.54, 1.807) is 12.1 Å². The number of fused-ring (bicyclic) bond motifs is 1. The minimum absolute atomic E-state index is 0.0487. The maximum atomic E-state index is 9.97. The lowest BCUT2D eigenvalue weighted by atomic mass is 9.93. The van der Waals surface area contributed by atoms with Gasteiger partial charge in [-0.2, -0.15) is 0 Å². The molecule has 0 aromatic heterocycles. The molecule has 26 heavy (non-hydrogen) atoms. The van der Waals surface area contributed by atoms with Gasteiger partial charge in [-0.1, -0.05) is 36.4 Å². The molecule has 1 unspecified atom stereocenters. The summed E-state index contributed by atoms with van der Waals surface area (Å²) in [6.45, 7) is 1.57. The smallest absolute Gasteiger partial charge is 0.157 e. The molecule has 1 aliphatic heterocycles. The number of phenolic OH excluding ortho intramolecular Hbond substituents is 2. The van der Waals surface area contributed by atoms with Crippen LogP contribution in [0.5, 0.6) is 11.5 Å². The maximum absolute atomic E-state index is 9.97. The first kappa shape index (κ1) is 16.5. The molecule has 1 aliphatic rings. The Morgan fingerprint density at radius 3 is 2.04 bits per heavy atom. The molecule has 4 heteroatoms. The molecule has 0 amide bonds. The highest BCUT2D eigenvalue weighted by Crippen LogP contribution is 2.35. The molecule has 0 saturated heterocycles. The van der Waals surface area contributed by atoms with Crippen molar-refractivity contribution in [3.05, 3.63) is 83.9 Å². The highest BCUT2D eigenvalue weighted by molar-refractivity contribution is 5.63. The van der Waals surface area contributed by atoms with E-state index >= 15 is 0 Å². The Bertz CT molecular complexity index is 842. The molecule has 3 aromatic carbocycles. The third-order valence-corrected chi connectivity index (χ3v) is 4.90. The van der Waals surface area contributed by atoms with Gasteiger partial charge < -0.3 is 20.4 Å². The second-order valence-corrected chi connectivity index (χ2v) is 6.58. The number of anilines is 2. The number of nitrogens with one attached hydrogen (secondary N) is 1. The van der Waals surface area contributed by atoms with Gasteiger partial charge in [-0.15, -0.1) is 0 Å². The molecule has 0 saturated carbocycles. The quantitative estimate of drug-likeness (QED) is 0.622. The molecule has 0 spiro atoms. The molecule has 0 radical (unpaired) electrons. The number of hydrogen-bond acceptors (Lipinski definition) is 4. The Hall–Kier alpha value is -2.98. The first-order valence-corrected chi connectivity index (χ1v) is 8.88. The second-order valence-electron chi connectivity index (χ2n) is 6.58. The summed E-state index contributed by atoms with van der Waals surface area (Å²) < 4.78 is 0. The van der Waals surface area contributed by atoms with E-state index in [1.807, 2.05) is 36.4 Å². The monoisotopic (exact) mass is 346 g/mol. The van der Waals surface area contributed by atoms with Crippen molar-refractivity contribution in [2.75, 3.05) is 18.0 Å². The summed E-state index contributed by atoms with van der Waals surface area (Å²) in [6, 6.07) is 24.0. The third kappa shape index (κ3) is 3.24. The Kier molecular flexibility index (Phi) is 4.50. The van der Waals surface area contributed by atoms with Crippen molar-refractivity contribution in [3.8, 4) is 11.5 Å². The van der Waals surface area contributed by atoms with Crippen LogP contribution in [0, 0.1) is 0 Å². The van der Waals surface area contributed by atoms with Crippen LogP contribution >= 0.6 is 0 Å². The summed E-state index contributed by atoms with van der Waals surface area (Å²) in [7, 11) is 0. The predicted octanol–water partition coefficient (Wildman–Crippen LogP) is 4.12. The van der Waals surface area contributed by atoms with Gasteiger partial charge in [0.25, 0.3) is 0 Å². The maximum Gasteiger partial charge on any atom is 0.157 e. The lowest BCUT2D eigenvalue weighted by molar-refractivity contribution is 0.399. The largest absolute Gasteiger partial charge is 0.504 e. The van der Waals surface area contributed by atoms with E-state index < -0.39 is 0 Å². The fourth-order valence-corrected chi connectivity index (χ4v) is 3.59. The molecule has 0 fully saturated rings. The van der Waals surface area contributed by atoms with Gasteiger partial charge >= 0.3 is 0 Å². The van der Waals surface area contributed by atoms with Crippen molar-refractivity contribution in [2.24, 2.45) is 0 Å². The molecule has 1 heterocycles. The number of nitrogens with zero attached hydrogens (tertiary/aromatic N) is 1. The molecular formula is C22H22N2O2. The van der Waals surface area contributed by atoms with Gasteiger partial charge in [-0.25, -0.2) is 0 Å². The van der Waals surface area contributed by atoms with Crippen LogP contribution in [-0.2, 0) is 6.42 Å². The first-order chi connectivity index (χ1) is 12.7. The molecule has 4 nitrogen and oxygen atoms in total. The summed E-state index contributed by atoms with van der Waals surface area (Å²) in [4.78, 5) is 2.27. The molecular weight excluding hydrogens is 324 g/mol. The Balaban J connectivity index is 1.71. The molecule has 132 valence electrons. The van der Waals surface area contributed by atoms with E-state index in [9.17, 15) is 10.2 Å². The normalized spacial score (nSPS) is 16.1. The van der Waals surface area contributed by atoms with Crippen molar-refractivity contribution in [3.63, 3.8) is 0 Å². The number of rotatable bonds is 4. The van der Waals surface area contributed by atoms with E-state index in [0.717, 1.165) is 42.0 Å². The number of benzene rings is 3. The molecule has 1 atom stereocenters. The van der Waals surface area contributed by atoms with Crippen molar-refractivity contribution in [2.45, 2.75) is 12.5 Å². The van der Waals surface area contributed by atoms with Gasteiger partial charge in [0.2, 0.25) is 0 Å². The number of hydrogen-bond donors (Lipinski definition) is 3. The zero-order valence-electron chi connectivity index (χ0n) is 14.5. The number of para-hydroxylation sites is 2. The van der Waals surface area contributed by atoms with Gasteiger partial charge in [-0.05, 0) is 60.5 Å². The molecule has 0 bridgehead atoms. The highest BCUT2D eigenvalue weighted by Gasteiger charge is 2.24. The van der Waals surface area contributed by atoms with E-state index in [0.29, 0.717) is 0 Å². The second kappa shape index (κ2) is 7.10. The highest BCUT2D eigenvalue weighted by atomic mass is 16.3. The number of aromatic hydroxyl groups is 2. The summed E-state index contributed by atoms with van der Waals surface area (Å²) in [5.41, 5.74) is 4.37. The van der Waals surface area contributed by atoms with Crippen LogP contribution in [0.4, 0.5) is 11.4 Å². The van der Waals surface area contributed by atoms with E-state index in [2.05, 4.69) is 34.5 Å². The third-order valence-electron chi connectivity index (χ3n) is 4.90. The molecule has 3 aromatic rings. The van der Waals surface area contributed by atoms with Crippen molar-refractivity contribution >= 4 is 11.4 Å². The topological polar surface area (TPSA) is 55.7 Å². The molecule has 4 rings (SSSR count). The Labute approximate surface area is 153 Å². The van der Waals surface area contributed by atoms with Crippen LogP contribution in [0.1, 0.15) is 17.2 Å². The standard InChI is InChI=1S/C22H22N2O2/c25-21-13-16-11-12-23-20(19(16)14-22(21)26)15-24(17-7-3-1-4-8-17)18-9-5-2-6-10-18/h1-10,13-14,20,23,25-26H,11-12,15H2. The van der Waals surface area contributed by atoms with Gasteiger partial charge in [0.1, 0.15) is 0 Å².